The van der Waals surface area contributed by atoms with Crippen molar-refractivity contribution in [2.45, 2.75) is 38.0 Å². The lowest BCUT2D eigenvalue weighted by atomic mass is 10.2. The van der Waals surface area contributed by atoms with Crippen molar-refractivity contribution >= 4 is 17.5 Å². The lowest BCUT2D eigenvalue weighted by Gasteiger charge is -2.08. The summed E-state index contributed by atoms with van der Waals surface area (Å²) in [4.78, 5) is 16.6. The number of carbonyl (C=O) groups is 1. The maximum absolute atomic E-state index is 12.1. The third-order valence-corrected chi connectivity index (χ3v) is 4.07. The zero-order valence-corrected chi connectivity index (χ0v) is 11.6. The summed E-state index contributed by atoms with van der Waals surface area (Å²) in [5, 5.41) is 12.6. The van der Waals surface area contributed by atoms with E-state index in [4.69, 9.17) is 0 Å². The molecule has 1 fully saturated rings. The quantitative estimate of drug-likeness (QED) is 0.810. The SMILES string of the molecule is O=C(Nc1ccc2c(n1)CCC2)Nc1cn[nH]c1C1CC1. The van der Waals surface area contributed by atoms with E-state index in [1.54, 1.807) is 6.20 Å². The Morgan fingerprint density at radius 3 is 3.00 bits per heavy atom. The van der Waals surface area contributed by atoms with Crippen molar-refractivity contribution < 1.29 is 4.79 Å². The highest BCUT2D eigenvalue weighted by Crippen LogP contribution is 2.42. The lowest BCUT2D eigenvalue weighted by Crippen LogP contribution is -2.20. The van der Waals surface area contributed by atoms with E-state index < -0.39 is 0 Å². The number of nitrogens with zero attached hydrogens (tertiary/aromatic N) is 2. The number of anilines is 2. The van der Waals surface area contributed by atoms with E-state index in [1.165, 1.54) is 5.56 Å². The van der Waals surface area contributed by atoms with E-state index in [9.17, 15) is 4.79 Å². The molecule has 0 aromatic carbocycles. The Labute approximate surface area is 122 Å². The van der Waals surface area contributed by atoms with Crippen molar-refractivity contribution in [3.05, 3.63) is 35.3 Å². The summed E-state index contributed by atoms with van der Waals surface area (Å²) in [6, 6.07) is 3.64. The first-order valence-electron chi connectivity index (χ1n) is 7.39. The van der Waals surface area contributed by atoms with Gasteiger partial charge < -0.3 is 5.32 Å². The van der Waals surface area contributed by atoms with Crippen molar-refractivity contribution in [2.24, 2.45) is 0 Å². The molecule has 2 aliphatic carbocycles. The molecule has 4 rings (SSSR count). The second-order valence-electron chi connectivity index (χ2n) is 5.71. The lowest BCUT2D eigenvalue weighted by molar-refractivity contribution is 0.262. The summed E-state index contributed by atoms with van der Waals surface area (Å²) >= 11 is 0. The first-order chi connectivity index (χ1) is 10.3. The van der Waals surface area contributed by atoms with Gasteiger partial charge in [-0.1, -0.05) is 6.07 Å². The molecular formula is C15H17N5O. The van der Waals surface area contributed by atoms with Crippen LogP contribution in [0, 0.1) is 0 Å². The molecule has 21 heavy (non-hydrogen) atoms. The van der Waals surface area contributed by atoms with Crippen LogP contribution >= 0.6 is 0 Å². The van der Waals surface area contributed by atoms with Crippen LogP contribution in [0.25, 0.3) is 0 Å². The average molecular weight is 283 g/mol. The minimum Gasteiger partial charge on any atom is -0.305 e. The van der Waals surface area contributed by atoms with Gasteiger partial charge in [0.25, 0.3) is 0 Å². The molecule has 6 nitrogen and oxygen atoms in total. The van der Waals surface area contributed by atoms with E-state index >= 15 is 0 Å². The van der Waals surface area contributed by atoms with Crippen molar-refractivity contribution in [3.8, 4) is 0 Å². The van der Waals surface area contributed by atoms with Crippen molar-refractivity contribution in [1.29, 1.82) is 0 Å². The monoisotopic (exact) mass is 283 g/mol. The molecule has 6 heteroatoms. The van der Waals surface area contributed by atoms with Gasteiger partial charge in [0.15, 0.2) is 0 Å². The van der Waals surface area contributed by atoms with Crippen LogP contribution < -0.4 is 10.6 Å². The van der Waals surface area contributed by atoms with Gasteiger partial charge in [0.05, 0.1) is 17.6 Å². The van der Waals surface area contributed by atoms with Gasteiger partial charge in [-0.2, -0.15) is 5.10 Å². The van der Waals surface area contributed by atoms with Gasteiger partial charge in [-0.25, -0.2) is 9.78 Å². The predicted molar refractivity (Wildman–Crippen MR) is 79.5 cm³/mol. The highest BCUT2D eigenvalue weighted by molar-refractivity contribution is 5.99. The smallest absolute Gasteiger partial charge is 0.305 e. The first-order valence-corrected chi connectivity index (χ1v) is 7.39. The number of aromatic amines is 1. The number of fused-ring (bicyclic) bond motifs is 1. The Hall–Kier alpha value is -2.37. The van der Waals surface area contributed by atoms with E-state index in [1.807, 2.05) is 6.07 Å². The van der Waals surface area contributed by atoms with Gasteiger partial charge in [-0.3, -0.25) is 10.4 Å². The van der Waals surface area contributed by atoms with Gasteiger partial charge in [0.2, 0.25) is 0 Å². The fourth-order valence-corrected chi connectivity index (χ4v) is 2.84. The fraction of sp³-hybridized carbons (Fsp3) is 0.400. The van der Waals surface area contributed by atoms with E-state index in [2.05, 4.69) is 31.9 Å². The molecule has 3 N–H and O–H groups in total. The average Bonchev–Trinajstić information content (AvgIpc) is 3.03. The molecule has 2 amide bonds. The first kappa shape index (κ1) is 12.4. The van der Waals surface area contributed by atoms with Gasteiger partial charge in [-0.05, 0) is 43.7 Å². The van der Waals surface area contributed by atoms with Crippen LogP contribution in [0.5, 0.6) is 0 Å². The second-order valence-corrected chi connectivity index (χ2v) is 5.71. The second kappa shape index (κ2) is 4.87. The van der Waals surface area contributed by atoms with Gasteiger partial charge >= 0.3 is 6.03 Å². The normalized spacial score (nSPS) is 16.6. The molecule has 0 spiro atoms. The van der Waals surface area contributed by atoms with Gasteiger partial charge in [0, 0.05) is 11.6 Å². The van der Waals surface area contributed by atoms with Crippen molar-refractivity contribution in [2.75, 3.05) is 10.6 Å². The van der Waals surface area contributed by atoms with Crippen LogP contribution in [0.1, 0.15) is 42.1 Å². The van der Waals surface area contributed by atoms with E-state index in [0.717, 1.165) is 49.2 Å². The molecule has 0 bridgehead atoms. The molecule has 2 heterocycles. The number of hydrogen-bond donors (Lipinski definition) is 3. The summed E-state index contributed by atoms with van der Waals surface area (Å²) in [6.07, 6.45) is 7.21. The van der Waals surface area contributed by atoms with Crippen molar-refractivity contribution in [1.82, 2.24) is 15.2 Å². The molecule has 0 radical (unpaired) electrons. The highest BCUT2D eigenvalue weighted by atomic mass is 16.2. The fourth-order valence-electron chi connectivity index (χ4n) is 2.84. The topological polar surface area (TPSA) is 82.7 Å². The number of carbonyl (C=O) groups excluding carboxylic acids is 1. The minimum absolute atomic E-state index is 0.274. The predicted octanol–water partition coefficient (Wildman–Crippen LogP) is 2.81. The van der Waals surface area contributed by atoms with E-state index in [0.29, 0.717) is 11.7 Å². The number of hydrogen-bond acceptors (Lipinski definition) is 3. The molecule has 0 unspecified atom stereocenters. The number of aryl methyl sites for hydroxylation is 2. The number of nitrogens with one attached hydrogen (secondary N) is 3. The number of pyridine rings is 1. The summed E-state index contributed by atoms with van der Waals surface area (Å²) < 4.78 is 0. The van der Waals surface area contributed by atoms with Gasteiger partial charge in [-0.15, -0.1) is 0 Å². The van der Waals surface area contributed by atoms with Gasteiger partial charge in [0.1, 0.15) is 5.82 Å². The third-order valence-electron chi connectivity index (χ3n) is 4.07. The zero-order chi connectivity index (χ0) is 14.2. The maximum Gasteiger partial charge on any atom is 0.324 e. The molecular weight excluding hydrogens is 266 g/mol. The number of aromatic nitrogens is 3. The van der Waals surface area contributed by atoms with E-state index in [-0.39, 0.29) is 6.03 Å². The molecule has 0 saturated heterocycles. The van der Waals surface area contributed by atoms with Crippen LogP contribution in [0.15, 0.2) is 18.3 Å². The third kappa shape index (κ3) is 2.49. The molecule has 1 saturated carbocycles. The summed E-state index contributed by atoms with van der Waals surface area (Å²) in [6.45, 7) is 0. The Bertz CT molecular complexity index is 689. The maximum atomic E-state index is 12.1. The number of amides is 2. The standard InChI is InChI=1S/C15H17N5O/c21-15(18-12-8-16-20-14(12)10-4-5-10)19-13-7-6-9-2-1-3-11(9)17-13/h6-8,10H,1-5H2,(H,16,20)(H2,17,18,19,21). The Morgan fingerprint density at radius 2 is 2.14 bits per heavy atom. The summed E-state index contributed by atoms with van der Waals surface area (Å²) in [5.74, 6) is 1.12. The van der Waals surface area contributed by atoms with Crippen LogP contribution in [-0.2, 0) is 12.8 Å². The zero-order valence-electron chi connectivity index (χ0n) is 11.6. The summed E-state index contributed by atoms with van der Waals surface area (Å²) in [5.41, 5.74) is 4.19. The molecule has 108 valence electrons. The Balaban J connectivity index is 1.44. The largest absolute Gasteiger partial charge is 0.324 e. The molecule has 2 aromatic rings. The number of rotatable bonds is 3. The van der Waals surface area contributed by atoms with Crippen LogP contribution in [-0.4, -0.2) is 21.2 Å². The Kier molecular flexibility index (Phi) is 2.87. The molecule has 0 aliphatic heterocycles. The van der Waals surface area contributed by atoms with Crippen molar-refractivity contribution in [3.63, 3.8) is 0 Å². The number of urea groups is 1. The van der Waals surface area contributed by atoms with Crippen LogP contribution in [0.2, 0.25) is 0 Å². The molecule has 2 aliphatic rings. The Morgan fingerprint density at radius 1 is 1.24 bits per heavy atom. The van der Waals surface area contributed by atoms with Crippen LogP contribution in [0.3, 0.4) is 0 Å². The summed E-state index contributed by atoms with van der Waals surface area (Å²) in [7, 11) is 0. The molecule has 2 aromatic heterocycles. The molecule has 0 atom stereocenters. The minimum atomic E-state index is -0.274. The highest BCUT2D eigenvalue weighted by Gasteiger charge is 2.28. The number of H-pyrrole nitrogens is 1. The van der Waals surface area contributed by atoms with Crippen LogP contribution in [0.4, 0.5) is 16.3 Å².